The molecule has 20 heavy (non-hydrogen) atoms. The second-order valence-corrected chi connectivity index (χ2v) is 5.17. The topological polar surface area (TPSA) is 97.2 Å². The first kappa shape index (κ1) is 13.7. The third kappa shape index (κ3) is 2.07. The Morgan fingerprint density at radius 1 is 1.35 bits per heavy atom. The maximum Gasteiger partial charge on any atom is 0.189 e. The molecular weight excluding hydrogens is 289 g/mol. The van der Waals surface area contributed by atoms with Crippen molar-refractivity contribution in [3.63, 3.8) is 0 Å². The van der Waals surface area contributed by atoms with Crippen LogP contribution in [0.4, 0.5) is 4.39 Å². The van der Waals surface area contributed by atoms with E-state index < -0.39 is 43.3 Å². The lowest BCUT2D eigenvalue weighted by Gasteiger charge is -2.35. The molecule has 1 saturated heterocycles. The second-order valence-electron chi connectivity index (χ2n) is 4.78. The summed E-state index contributed by atoms with van der Waals surface area (Å²) >= 11 is 5.14. The monoisotopic (exact) mass is 303 g/mol. The number of fused-ring (bicyclic) bond motifs is 1. The Hall–Kier alpha value is -1.26. The van der Waals surface area contributed by atoms with Crippen molar-refractivity contribution in [1.29, 1.82) is 0 Å². The predicted molar refractivity (Wildman–Crippen MR) is 69.5 cm³/mol. The van der Waals surface area contributed by atoms with Crippen molar-refractivity contribution < 1.29 is 24.4 Å². The van der Waals surface area contributed by atoms with Gasteiger partial charge in [-0.2, -0.15) is 4.39 Å². The molecule has 0 aromatic carbocycles. The van der Waals surface area contributed by atoms with Crippen LogP contribution >= 0.6 is 12.2 Å². The minimum atomic E-state index is -1.23. The Morgan fingerprint density at radius 2 is 2.10 bits per heavy atom. The smallest absolute Gasteiger partial charge is 0.189 e. The number of aliphatic hydroxyl groups excluding tert-OH is 3. The lowest BCUT2D eigenvalue weighted by Crippen LogP contribution is -2.56. The van der Waals surface area contributed by atoms with Crippen molar-refractivity contribution in [1.82, 2.24) is 15.5 Å². The molecule has 1 fully saturated rings. The van der Waals surface area contributed by atoms with Gasteiger partial charge in [-0.1, -0.05) is 0 Å². The zero-order valence-electron chi connectivity index (χ0n) is 10.2. The predicted octanol–water partition coefficient (Wildman–Crippen LogP) is -1.76. The van der Waals surface area contributed by atoms with Gasteiger partial charge in [0.05, 0.1) is 6.61 Å². The van der Waals surface area contributed by atoms with Crippen molar-refractivity contribution in [3.8, 4) is 0 Å². The van der Waals surface area contributed by atoms with Crippen LogP contribution in [-0.2, 0) is 4.74 Å². The highest BCUT2D eigenvalue weighted by molar-refractivity contribution is 7.80. The average Bonchev–Trinajstić information content (AvgIpc) is 2.89. The van der Waals surface area contributed by atoms with Gasteiger partial charge in [0.25, 0.3) is 0 Å². The summed E-state index contributed by atoms with van der Waals surface area (Å²) in [5, 5.41) is 34.4. The minimum Gasteiger partial charge on any atom is -0.394 e. The van der Waals surface area contributed by atoms with Gasteiger partial charge in [0.2, 0.25) is 0 Å². The van der Waals surface area contributed by atoms with E-state index in [-0.39, 0.29) is 5.11 Å². The van der Waals surface area contributed by atoms with Crippen LogP contribution in [0.25, 0.3) is 0 Å². The molecule has 0 aliphatic carbocycles. The van der Waals surface area contributed by atoms with Gasteiger partial charge in [-0.15, -0.1) is 0 Å². The van der Waals surface area contributed by atoms with Crippen LogP contribution in [0.3, 0.4) is 0 Å². The standard InChI is InChI=1S/C11H14FN3O4S/c12-6-1-4-2-15(11(20)14-9(4)13-6)10-8(18)7(17)5(3-16)19-10/h1-2,5,7-10,13,16-18H,3H2,(H,14,20). The van der Waals surface area contributed by atoms with E-state index in [2.05, 4.69) is 10.6 Å². The number of ether oxygens (including phenoxy) is 1. The maximum absolute atomic E-state index is 13.2. The Kier molecular flexibility index (Phi) is 3.38. The maximum atomic E-state index is 13.2. The average molecular weight is 303 g/mol. The molecule has 5 N–H and O–H groups in total. The van der Waals surface area contributed by atoms with Crippen molar-refractivity contribution in [2.75, 3.05) is 6.61 Å². The Morgan fingerprint density at radius 3 is 2.75 bits per heavy atom. The fraction of sp³-hybridized carbons (Fsp3) is 0.545. The summed E-state index contributed by atoms with van der Waals surface area (Å²) in [5.74, 6) is -0.487. The number of nitrogens with one attached hydrogen (secondary N) is 2. The molecule has 0 amide bonds. The van der Waals surface area contributed by atoms with Crippen molar-refractivity contribution >= 4 is 17.3 Å². The van der Waals surface area contributed by atoms with Gasteiger partial charge in [-0.3, -0.25) is 4.90 Å². The highest BCUT2D eigenvalue weighted by Crippen LogP contribution is 2.28. The van der Waals surface area contributed by atoms with Crippen LogP contribution in [0.2, 0.25) is 0 Å². The van der Waals surface area contributed by atoms with Gasteiger partial charge in [-0.05, 0) is 18.3 Å². The van der Waals surface area contributed by atoms with Crippen LogP contribution in [0.15, 0.2) is 23.8 Å². The highest BCUT2D eigenvalue weighted by Gasteiger charge is 2.46. The first-order valence-electron chi connectivity index (χ1n) is 6.08. The number of nitrogens with zero attached hydrogens (tertiary/aromatic N) is 1. The highest BCUT2D eigenvalue weighted by atomic mass is 32.1. The van der Waals surface area contributed by atoms with Gasteiger partial charge < -0.3 is 30.7 Å². The van der Waals surface area contributed by atoms with Crippen molar-refractivity contribution in [2.24, 2.45) is 0 Å². The molecule has 3 rings (SSSR count). The molecule has 0 aromatic rings. The van der Waals surface area contributed by atoms with Crippen LogP contribution < -0.4 is 10.6 Å². The molecule has 0 bridgehead atoms. The van der Waals surface area contributed by atoms with Crippen LogP contribution in [-0.4, -0.2) is 62.6 Å². The van der Waals surface area contributed by atoms with E-state index >= 15 is 0 Å². The molecule has 5 atom stereocenters. The Balaban J connectivity index is 1.85. The van der Waals surface area contributed by atoms with Crippen molar-refractivity contribution in [2.45, 2.75) is 30.7 Å². The molecular formula is C11H14FN3O4S. The molecule has 0 radical (unpaired) electrons. The summed E-state index contributed by atoms with van der Waals surface area (Å²) in [5.41, 5.74) is 0.592. The number of aliphatic hydroxyl groups is 3. The van der Waals surface area contributed by atoms with E-state index in [0.29, 0.717) is 5.57 Å². The summed E-state index contributed by atoms with van der Waals surface area (Å²) in [6.45, 7) is -0.419. The quantitative estimate of drug-likeness (QED) is 0.302. The van der Waals surface area contributed by atoms with E-state index in [1.54, 1.807) is 6.20 Å². The molecule has 0 spiro atoms. The van der Waals surface area contributed by atoms with Gasteiger partial charge in [0, 0.05) is 11.8 Å². The summed E-state index contributed by atoms with van der Waals surface area (Å²) in [6, 6.07) is 0. The number of halogens is 1. The largest absolute Gasteiger partial charge is 0.394 e. The summed E-state index contributed by atoms with van der Waals surface area (Å²) < 4.78 is 18.6. The van der Waals surface area contributed by atoms with Gasteiger partial charge in [0.1, 0.15) is 24.5 Å². The van der Waals surface area contributed by atoms with Gasteiger partial charge >= 0.3 is 0 Å². The number of hydrogen-bond donors (Lipinski definition) is 5. The second kappa shape index (κ2) is 4.93. The number of thiocarbonyl (C=S) groups is 1. The van der Waals surface area contributed by atoms with Gasteiger partial charge in [-0.25, -0.2) is 0 Å². The van der Waals surface area contributed by atoms with E-state index in [4.69, 9.17) is 22.1 Å². The van der Waals surface area contributed by atoms with Crippen molar-refractivity contribution in [3.05, 3.63) is 23.8 Å². The molecule has 0 saturated carbocycles. The molecule has 3 aliphatic heterocycles. The minimum absolute atomic E-state index is 0.226. The zero-order chi connectivity index (χ0) is 14.4. The molecule has 3 heterocycles. The molecule has 110 valence electrons. The summed E-state index contributed by atoms with van der Waals surface area (Å²) in [7, 11) is 0. The molecule has 3 aliphatic rings. The van der Waals surface area contributed by atoms with Gasteiger partial charge in [0.15, 0.2) is 17.3 Å². The SMILES string of the molecule is OCC1OC(N2C=C3C=C(F)NC3NC2=S)C(O)C1O. The zero-order valence-corrected chi connectivity index (χ0v) is 11.0. The third-order valence-corrected chi connectivity index (χ3v) is 3.82. The fourth-order valence-electron chi connectivity index (χ4n) is 2.44. The van der Waals surface area contributed by atoms with Crippen LogP contribution in [0.1, 0.15) is 0 Å². The Labute approximate surface area is 119 Å². The van der Waals surface area contributed by atoms with E-state index in [1.807, 2.05) is 0 Å². The first-order valence-corrected chi connectivity index (χ1v) is 6.49. The number of rotatable bonds is 2. The van der Waals surface area contributed by atoms with Crippen LogP contribution in [0.5, 0.6) is 0 Å². The molecule has 5 unspecified atom stereocenters. The lowest BCUT2D eigenvalue weighted by molar-refractivity contribution is -0.0596. The number of hydrogen-bond acceptors (Lipinski definition) is 6. The third-order valence-electron chi connectivity index (χ3n) is 3.49. The molecule has 9 heteroatoms. The van der Waals surface area contributed by atoms with E-state index in [9.17, 15) is 14.6 Å². The summed E-state index contributed by atoms with van der Waals surface area (Å²) in [6.07, 6.45) is -1.87. The fourth-order valence-corrected chi connectivity index (χ4v) is 2.71. The first-order chi connectivity index (χ1) is 9.51. The summed E-state index contributed by atoms with van der Waals surface area (Å²) in [4.78, 5) is 1.40. The normalized spacial score (nSPS) is 39.9. The van der Waals surface area contributed by atoms with E-state index in [1.165, 1.54) is 11.0 Å². The van der Waals surface area contributed by atoms with Crippen LogP contribution in [0, 0.1) is 0 Å². The Bertz CT molecular complexity index is 500. The molecule has 0 aromatic heterocycles. The molecule has 7 nitrogen and oxygen atoms in total. The lowest BCUT2D eigenvalue weighted by atomic mass is 10.1. The van der Waals surface area contributed by atoms with E-state index in [0.717, 1.165) is 0 Å².